The number of nitrogens with zero attached hydrogens (tertiary/aromatic N) is 5. The summed E-state index contributed by atoms with van der Waals surface area (Å²) in [7, 11) is -1.87. The molecule has 2 aromatic heterocycles. The fourth-order valence-corrected chi connectivity index (χ4v) is 4.59. The molecule has 0 amide bonds. The minimum absolute atomic E-state index is 0.0501. The first-order valence-corrected chi connectivity index (χ1v) is 9.24. The van der Waals surface area contributed by atoms with E-state index in [9.17, 15) is 8.42 Å². The minimum Gasteiger partial charge on any atom is -0.380 e. The highest BCUT2D eigenvalue weighted by atomic mass is 32.2. The van der Waals surface area contributed by atoms with Crippen molar-refractivity contribution in [2.75, 3.05) is 26.3 Å². The quantitative estimate of drug-likeness (QED) is 0.792. The molecule has 24 heavy (non-hydrogen) atoms. The van der Waals surface area contributed by atoms with Crippen LogP contribution in [0.5, 0.6) is 0 Å². The highest BCUT2D eigenvalue weighted by Gasteiger charge is 2.31. The number of aryl methyl sites for hydroxylation is 2. The summed E-state index contributed by atoms with van der Waals surface area (Å²) in [5.74, 6) is 0.0501. The molecule has 1 fully saturated rings. The largest absolute Gasteiger partial charge is 0.380 e. The van der Waals surface area contributed by atoms with Crippen molar-refractivity contribution in [3.05, 3.63) is 36.2 Å². The summed E-state index contributed by atoms with van der Waals surface area (Å²) in [6.45, 7) is 3.36. The van der Waals surface area contributed by atoms with Crippen molar-refractivity contribution in [2.45, 2.75) is 18.2 Å². The average Bonchev–Trinajstić information content (AvgIpc) is 2.75. The Labute approximate surface area is 141 Å². The number of hydrogen-bond donors (Lipinski definition) is 0. The third-order valence-electron chi connectivity index (χ3n) is 4.03. The van der Waals surface area contributed by atoms with Gasteiger partial charge in [0.25, 0.3) is 0 Å². The second-order valence-corrected chi connectivity index (χ2v) is 7.87. The van der Waals surface area contributed by atoms with Gasteiger partial charge in [-0.15, -0.1) is 0 Å². The molecule has 8 nitrogen and oxygen atoms in total. The molecule has 0 N–H and O–H groups in total. The molecule has 0 aliphatic carbocycles. The van der Waals surface area contributed by atoms with Gasteiger partial charge in [-0.1, -0.05) is 0 Å². The molecule has 0 aromatic carbocycles. The third-order valence-corrected chi connectivity index (χ3v) is 6.00. The van der Waals surface area contributed by atoms with Crippen molar-refractivity contribution in [3.8, 4) is 0 Å². The maximum absolute atomic E-state index is 13.0. The standard InChI is InChI=1S/C15H21N5O3S/c1-12-15(9-19(2)18-12)24(21,22)20-5-6-23-10-13(8-20)7-14-3-4-16-11-17-14/h3-4,9,11,13H,5-8,10H2,1-2H3/t13-/m1/s1. The van der Waals surface area contributed by atoms with Crippen LogP contribution in [0.3, 0.4) is 0 Å². The minimum atomic E-state index is -3.58. The van der Waals surface area contributed by atoms with Gasteiger partial charge < -0.3 is 4.74 Å². The molecule has 1 aliphatic heterocycles. The number of sulfonamides is 1. The molecule has 0 saturated carbocycles. The molecule has 9 heteroatoms. The first-order chi connectivity index (χ1) is 11.5. The first-order valence-electron chi connectivity index (χ1n) is 7.80. The number of rotatable bonds is 4. The van der Waals surface area contributed by atoms with Gasteiger partial charge in [-0.3, -0.25) is 4.68 Å². The molecule has 1 saturated heterocycles. The zero-order valence-corrected chi connectivity index (χ0v) is 14.6. The number of hydrogen-bond acceptors (Lipinski definition) is 6. The Morgan fingerprint density at radius 3 is 2.92 bits per heavy atom. The second kappa shape index (κ2) is 6.96. The molecule has 2 aromatic rings. The van der Waals surface area contributed by atoms with E-state index in [1.165, 1.54) is 15.3 Å². The summed E-state index contributed by atoms with van der Waals surface area (Å²) in [6, 6.07) is 1.84. The predicted molar refractivity (Wildman–Crippen MR) is 86.7 cm³/mol. The molecule has 0 unspecified atom stereocenters. The monoisotopic (exact) mass is 351 g/mol. The molecule has 0 spiro atoms. The van der Waals surface area contributed by atoms with Gasteiger partial charge in [0.05, 0.1) is 18.9 Å². The van der Waals surface area contributed by atoms with E-state index in [2.05, 4.69) is 15.1 Å². The number of ether oxygens (including phenoxy) is 1. The molecular formula is C15H21N5O3S. The lowest BCUT2D eigenvalue weighted by molar-refractivity contribution is 0.122. The Morgan fingerprint density at radius 1 is 1.42 bits per heavy atom. The van der Waals surface area contributed by atoms with Gasteiger partial charge in [0, 0.05) is 44.1 Å². The lowest BCUT2D eigenvalue weighted by Gasteiger charge is -2.22. The van der Waals surface area contributed by atoms with Crippen LogP contribution in [-0.2, 0) is 28.2 Å². The maximum atomic E-state index is 13.0. The van der Waals surface area contributed by atoms with Crippen LogP contribution < -0.4 is 0 Å². The Balaban J connectivity index is 1.80. The van der Waals surface area contributed by atoms with Crippen LogP contribution in [0.2, 0.25) is 0 Å². The molecule has 0 radical (unpaired) electrons. The van der Waals surface area contributed by atoms with E-state index < -0.39 is 10.0 Å². The van der Waals surface area contributed by atoms with Gasteiger partial charge in [0.1, 0.15) is 11.2 Å². The van der Waals surface area contributed by atoms with Crippen LogP contribution >= 0.6 is 0 Å². The van der Waals surface area contributed by atoms with Crippen molar-refractivity contribution in [2.24, 2.45) is 13.0 Å². The molecular weight excluding hydrogens is 330 g/mol. The van der Waals surface area contributed by atoms with E-state index in [1.54, 1.807) is 26.4 Å². The zero-order chi connectivity index (χ0) is 17.2. The van der Waals surface area contributed by atoms with Gasteiger partial charge in [-0.2, -0.15) is 9.40 Å². The Kier molecular flexibility index (Phi) is 4.93. The highest BCUT2D eigenvalue weighted by Crippen LogP contribution is 2.22. The van der Waals surface area contributed by atoms with E-state index >= 15 is 0 Å². The molecule has 1 atom stereocenters. The fraction of sp³-hybridized carbons (Fsp3) is 0.533. The van der Waals surface area contributed by atoms with Crippen LogP contribution in [0.15, 0.2) is 29.7 Å². The fourth-order valence-electron chi connectivity index (χ4n) is 2.89. The Morgan fingerprint density at radius 2 is 2.25 bits per heavy atom. The van der Waals surface area contributed by atoms with Gasteiger partial charge >= 0.3 is 0 Å². The lowest BCUT2D eigenvalue weighted by Crippen LogP contribution is -2.36. The second-order valence-electron chi connectivity index (χ2n) is 5.96. The highest BCUT2D eigenvalue weighted by molar-refractivity contribution is 7.89. The zero-order valence-electron chi connectivity index (χ0n) is 13.8. The van der Waals surface area contributed by atoms with Gasteiger partial charge in [-0.05, 0) is 19.4 Å². The lowest BCUT2D eigenvalue weighted by atomic mass is 10.0. The number of aromatic nitrogens is 4. The summed E-state index contributed by atoms with van der Waals surface area (Å²) < 4.78 is 34.6. The molecule has 1 aliphatic rings. The molecule has 130 valence electrons. The maximum Gasteiger partial charge on any atom is 0.246 e. The van der Waals surface area contributed by atoms with E-state index in [0.29, 0.717) is 38.4 Å². The van der Waals surface area contributed by atoms with E-state index in [0.717, 1.165) is 5.69 Å². The van der Waals surface area contributed by atoms with E-state index in [4.69, 9.17) is 4.74 Å². The van der Waals surface area contributed by atoms with Crippen molar-refractivity contribution >= 4 is 10.0 Å². The predicted octanol–water partition coefficient (Wildman–Crippen LogP) is 0.398. The summed E-state index contributed by atoms with van der Waals surface area (Å²) in [5, 5.41) is 4.15. The Hall–Kier alpha value is -1.84. The average molecular weight is 351 g/mol. The van der Waals surface area contributed by atoms with Crippen LogP contribution in [0, 0.1) is 12.8 Å². The van der Waals surface area contributed by atoms with E-state index in [-0.39, 0.29) is 10.8 Å². The van der Waals surface area contributed by atoms with Crippen molar-refractivity contribution in [3.63, 3.8) is 0 Å². The summed E-state index contributed by atoms with van der Waals surface area (Å²) in [6.07, 6.45) is 5.39. The van der Waals surface area contributed by atoms with Crippen molar-refractivity contribution < 1.29 is 13.2 Å². The first kappa shape index (κ1) is 17.0. The van der Waals surface area contributed by atoms with Crippen LogP contribution in [0.1, 0.15) is 11.4 Å². The van der Waals surface area contributed by atoms with Crippen LogP contribution in [0.4, 0.5) is 0 Å². The normalized spacial score (nSPS) is 20.0. The van der Waals surface area contributed by atoms with Crippen LogP contribution in [0.25, 0.3) is 0 Å². The smallest absolute Gasteiger partial charge is 0.246 e. The van der Waals surface area contributed by atoms with Gasteiger partial charge in [0.2, 0.25) is 10.0 Å². The van der Waals surface area contributed by atoms with Crippen molar-refractivity contribution in [1.82, 2.24) is 24.1 Å². The molecule has 3 heterocycles. The van der Waals surface area contributed by atoms with Crippen LogP contribution in [-0.4, -0.2) is 58.8 Å². The third kappa shape index (κ3) is 3.63. The van der Waals surface area contributed by atoms with Gasteiger partial charge in [-0.25, -0.2) is 18.4 Å². The molecule has 3 rings (SSSR count). The Bertz CT molecular complexity index is 791. The van der Waals surface area contributed by atoms with E-state index in [1.807, 2.05) is 6.07 Å². The van der Waals surface area contributed by atoms with Gasteiger partial charge in [0.15, 0.2) is 0 Å². The summed E-state index contributed by atoms with van der Waals surface area (Å²) in [4.78, 5) is 8.38. The summed E-state index contributed by atoms with van der Waals surface area (Å²) in [5.41, 5.74) is 1.39. The van der Waals surface area contributed by atoms with Crippen molar-refractivity contribution in [1.29, 1.82) is 0 Å². The molecule has 0 bridgehead atoms. The SMILES string of the molecule is Cc1nn(C)cc1S(=O)(=O)N1CCOC[C@H](Cc2ccncn2)C1. The summed E-state index contributed by atoms with van der Waals surface area (Å²) >= 11 is 0. The topological polar surface area (TPSA) is 90.2 Å².